The molecule has 0 aromatic carbocycles. The first-order valence-corrected chi connectivity index (χ1v) is 8.57. The van der Waals surface area contributed by atoms with Gasteiger partial charge in [-0.05, 0) is 6.42 Å². The second kappa shape index (κ2) is 9.51. The number of halogens is 4. The minimum Gasteiger partial charge on any atom is -0.351 e. The molecule has 0 atom stereocenters. The van der Waals surface area contributed by atoms with Gasteiger partial charge in [-0.3, -0.25) is 4.99 Å². The summed E-state index contributed by atoms with van der Waals surface area (Å²) in [5.74, 6) is 0.486. The SMILES string of the molecule is CCc1nc(CNC(=NC)NCc2nc(C(F)(F)F)cs2)cs1.I. The third kappa shape index (κ3) is 6.16. The maximum absolute atomic E-state index is 12.5. The normalized spacial score (nSPS) is 12.0. The van der Waals surface area contributed by atoms with E-state index >= 15 is 0 Å². The Hall–Kier alpha value is -0.950. The molecule has 0 bridgehead atoms. The van der Waals surface area contributed by atoms with E-state index in [-0.39, 0.29) is 30.5 Å². The minimum absolute atomic E-state index is 0. The molecule has 0 unspecified atom stereocenters. The number of hydrogen-bond donors (Lipinski definition) is 2. The zero-order chi connectivity index (χ0) is 16.9. The molecule has 0 saturated carbocycles. The van der Waals surface area contributed by atoms with E-state index in [1.165, 1.54) is 0 Å². The molecule has 2 rings (SSSR count). The Morgan fingerprint density at radius 2 is 1.79 bits per heavy atom. The molecule has 2 aromatic rings. The van der Waals surface area contributed by atoms with Crippen molar-refractivity contribution in [2.45, 2.75) is 32.6 Å². The minimum atomic E-state index is -4.41. The number of hydrogen-bond acceptors (Lipinski definition) is 5. The lowest BCUT2D eigenvalue weighted by Gasteiger charge is -2.09. The maximum atomic E-state index is 12.5. The highest BCUT2D eigenvalue weighted by Crippen LogP contribution is 2.29. The first-order chi connectivity index (χ1) is 10.9. The molecule has 0 radical (unpaired) electrons. The molecular weight excluding hydrogens is 474 g/mol. The molecule has 24 heavy (non-hydrogen) atoms. The lowest BCUT2D eigenvalue weighted by Crippen LogP contribution is -2.36. The summed E-state index contributed by atoms with van der Waals surface area (Å²) in [5, 5.41) is 10.4. The molecule has 0 aliphatic carbocycles. The molecule has 0 saturated heterocycles. The van der Waals surface area contributed by atoms with E-state index in [9.17, 15) is 13.2 Å². The second-order valence-corrected chi connectivity index (χ2v) is 6.38. The maximum Gasteiger partial charge on any atom is 0.434 e. The number of alkyl halides is 3. The van der Waals surface area contributed by atoms with Crippen LogP contribution in [0.15, 0.2) is 15.8 Å². The summed E-state index contributed by atoms with van der Waals surface area (Å²) in [6.07, 6.45) is -3.51. The van der Waals surface area contributed by atoms with Crippen molar-refractivity contribution in [3.05, 3.63) is 32.2 Å². The van der Waals surface area contributed by atoms with Gasteiger partial charge >= 0.3 is 6.18 Å². The Kier molecular flexibility index (Phi) is 8.36. The van der Waals surface area contributed by atoms with Crippen LogP contribution < -0.4 is 10.6 Å². The third-order valence-corrected chi connectivity index (χ3v) is 4.70. The van der Waals surface area contributed by atoms with Crippen LogP contribution in [0, 0.1) is 0 Å². The Balaban J connectivity index is 0.00000288. The number of nitrogens with zero attached hydrogens (tertiary/aromatic N) is 3. The molecule has 2 aromatic heterocycles. The standard InChI is InChI=1S/C13H16F3N5S2.HI/c1-3-10-20-8(6-22-10)4-18-12(17-2)19-5-11-21-9(7-23-11)13(14,15)16;/h6-7H,3-5H2,1-2H3,(H2,17,18,19);1H. The number of aliphatic imine (C=N–C) groups is 1. The number of aryl methyl sites for hydroxylation is 1. The quantitative estimate of drug-likeness (QED) is 0.381. The van der Waals surface area contributed by atoms with Crippen molar-refractivity contribution in [3.63, 3.8) is 0 Å². The van der Waals surface area contributed by atoms with Crippen molar-refractivity contribution in [3.8, 4) is 0 Å². The van der Waals surface area contributed by atoms with Gasteiger partial charge in [-0.1, -0.05) is 6.92 Å². The predicted octanol–water partition coefficient (Wildman–Crippen LogP) is 3.66. The van der Waals surface area contributed by atoms with Gasteiger partial charge in [-0.15, -0.1) is 46.7 Å². The Morgan fingerprint density at radius 3 is 2.33 bits per heavy atom. The van der Waals surface area contributed by atoms with Crippen LogP contribution in [0.2, 0.25) is 0 Å². The molecule has 2 heterocycles. The lowest BCUT2D eigenvalue weighted by atomic mass is 10.4. The molecule has 2 N–H and O–H groups in total. The fourth-order valence-corrected chi connectivity index (χ4v) is 3.15. The van der Waals surface area contributed by atoms with Gasteiger partial charge in [-0.25, -0.2) is 9.97 Å². The van der Waals surface area contributed by atoms with Crippen molar-refractivity contribution in [1.29, 1.82) is 0 Å². The molecule has 11 heteroatoms. The van der Waals surface area contributed by atoms with Gasteiger partial charge in [-0.2, -0.15) is 13.2 Å². The first kappa shape index (κ1) is 21.1. The number of thiazole rings is 2. The molecule has 0 fully saturated rings. The van der Waals surface area contributed by atoms with Gasteiger partial charge in [0, 0.05) is 17.8 Å². The van der Waals surface area contributed by atoms with Gasteiger partial charge < -0.3 is 10.6 Å². The number of aromatic nitrogens is 2. The van der Waals surface area contributed by atoms with Gasteiger partial charge in [0.15, 0.2) is 11.7 Å². The van der Waals surface area contributed by atoms with Crippen LogP contribution in [-0.2, 0) is 25.7 Å². The van der Waals surface area contributed by atoms with E-state index in [0.29, 0.717) is 17.5 Å². The van der Waals surface area contributed by atoms with E-state index in [0.717, 1.165) is 33.8 Å². The van der Waals surface area contributed by atoms with E-state index in [4.69, 9.17) is 0 Å². The number of rotatable bonds is 5. The zero-order valence-corrected chi connectivity index (χ0v) is 16.9. The topological polar surface area (TPSA) is 62.2 Å². The summed E-state index contributed by atoms with van der Waals surface area (Å²) >= 11 is 2.56. The Bertz CT molecular complexity index is 669. The summed E-state index contributed by atoms with van der Waals surface area (Å²) in [6, 6.07) is 0. The fraction of sp³-hybridized carbons (Fsp3) is 0.462. The Morgan fingerprint density at radius 1 is 1.12 bits per heavy atom. The van der Waals surface area contributed by atoms with Crippen molar-refractivity contribution < 1.29 is 13.2 Å². The highest BCUT2D eigenvalue weighted by molar-refractivity contribution is 14.0. The van der Waals surface area contributed by atoms with Crippen molar-refractivity contribution in [1.82, 2.24) is 20.6 Å². The van der Waals surface area contributed by atoms with Crippen LogP contribution >= 0.6 is 46.7 Å². The van der Waals surface area contributed by atoms with Crippen LogP contribution in [0.5, 0.6) is 0 Å². The number of nitrogens with one attached hydrogen (secondary N) is 2. The van der Waals surface area contributed by atoms with Gasteiger partial charge in [0.25, 0.3) is 0 Å². The highest BCUT2D eigenvalue weighted by Gasteiger charge is 2.33. The summed E-state index contributed by atoms with van der Waals surface area (Å²) in [7, 11) is 1.59. The molecular formula is C13H17F3IN5S2. The summed E-state index contributed by atoms with van der Waals surface area (Å²) in [6.45, 7) is 2.72. The first-order valence-electron chi connectivity index (χ1n) is 6.81. The molecule has 0 aliphatic rings. The van der Waals surface area contributed by atoms with E-state index in [1.54, 1.807) is 18.4 Å². The van der Waals surface area contributed by atoms with Gasteiger partial charge in [0.2, 0.25) is 0 Å². The molecule has 5 nitrogen and oxygen atoms in total. The molecule has 0 amide bonds. The molecule has 0 spiro atoms. The smallest absolute Gasteiger partial charge is 0.351 e. The van der Waals surface area contributed by atoms with Crippen LogP contribution in [0.4, 0.5) is 13.2 Å². The van der Waals surface area contributed by atoms with Crippen molar-refractivity contribution in [2.75, 3.05) is 7.05 Å². The van der Waals surface area contributed by atoms with Crippen LogP contribution in [0.3, 0.4) is 0 Å². The average molecular weight is 491 g/mol. The van der Waals surface area contributed by atoms with Crippen molar-refractivity contribution >= 4 is 52.6 Å². The highest BCUT2D eigenvalue weighted by atomic mass is 127. The molecule has 134 valence electrons. The summed E-state index contributed by atoms with van der Waals surface area (Å²) < 4.78 is 37.5. The third-order valence-electron chi connectivity index (χ3n) is 2.81. The Labute approximate surface area is 162 Å². The zero-order valence-electron chi connectivity index (χ0n) is 13.0. The van der Waals surface area contributed by atoms with E-state index in [2.05, 4.69) is 25.6 Å². The van der Waals surface area contributed by atoms with Crippen LogP contribution in [0.1, 0.15) is 28.3 Å². The van der Waals surface area contributed by atoms with Crippen LogP contribution in [-0.4, -0.2) is 23.0 Å². The monoisotopic (exact) mass is 491 g/mol. The summed E-state index contributed by atoms with van der Waals surface area (Å²) in [4.78, 5) is 12.0. The fourth-order valence-electron chi connectivity index (χ4n) is 1.67. The second-order valence-electron chi connectivity index (χ2n) is 4.49. The van der Waals surface area contributed by atoms with E-state index in [1.807, 2.05) is 12.3 Å². The molecule has 0 aliphatic heterocycles. The number of guanidine groups is 1. The summed E-state index contributed by atoms with van der Waals surface area (Å²) in [5.41, 5.74) is 0.0419. The van der Waals surface area contributed by atoms with Gasteiger partial charge in [0.1, 0.15) is 5.01 Å². The van der Waals surface area contributed by atoms with E-state index < -0.39 is 11.9 Å². The average Bonchev–Trinajstić information content (AvgIpc) is 3.15. The lowest BCUT2D eigenvalue weighted by molar-refractivity contribution is -0.140. The van der Waals surface area contributed by atoms with Gasteiger partial charge in [0.05, 0.1) is 23.8 Å². The van der Waals surface area contributed by atoms with Crippen LogP contribution in [0.25, 0.3) is 0 Å². The predicted molar refractivity (Wildman–Crippen MR) is 101 cm³/mol. The largest absolute Gasteiger partial charge is 0.434 e. The van der Waals surface area contributed by atoms with Crippen molar-refractivity contribution in [2.24, 2.45) is 4.99 Å².